The molecule has 0 fully saturated rings. The minimum atomic E-state index is -1.38. The van der Waals surface area contributed by atoms with Gasteiger partial charge in [0.15, 0.2) is 0 Å². The van der Waals surface area contributed by atoms with E-state index in [-0.39, 0.29) is 25.2 Å². The van der Waals surface area contributed by atoms with Crippen molar-refractivity contribution < 1.29 is 39.0 Å². The van der Waals surface area contributed by atoms with Crippen molar-refractivity contribution in [3.05, 3.63) is 0 Å². The molecule has 0 aromatic rings. The summed E-state index contributed by atoms with van der Waals surface area (Å²) in [5.41, 5.74) is 10.8. The van der Waals surface area contributed by atoms with Crippen LogP contribution in [0.3, 0.4) is 0 Å². The van der Waals surface area contributed by atoms with Crippen molar-refractivity contribution in [3.63, 3.8) is 0 Å². The molecular formula is C18H31N5O8. The van der Waals surface area contributed by atoms with Crippen LogP contribution in [-0.4, -0.2) is 70.5 Å². The van der Waals surface area contributed by atoms with Crippen LogP contribution in [0.25, 0.3) is 0 Å². The highest BCUT2D eigenvalue weighted by Gasteiger charge is 2.27. The lowest BCUT2D eigenvalue weighted by Crippen LogP contribution is -2.54. The second-order valence-electron chi connectivity index (χ2n) is 7.09. The number of carbonyl (C=O) groups is 6. The molecule has 0 rings (SSSR count). The van der Waals surface area contributed by atoms with Gasteiger partial charge in [0, 0.05) is 12.8 Å². The van der Waals surface area contributed by atoms with Gasteiger partial charge in [-0.2, -0.15) is 0 Å². The smallest absolute Gasteiger partial charge is 0.326 e. The van der Waals surface area contributed by atoms with Crippen LogP contribution in [0.1, 0.15) is 46.0 Å². The summed E-state index contributed by atoms with van der Waals surface area (Å²) in [7, 11) is 0. The number of amides is 4. The summed E-state index contributed by atoms with van der Waals surface area (Å²) in [6.07, 6.45) is -0.533. The quantitative estimate of drug-likeness (QED) is 0.143. The Bertz CT molecular complexity index is 684. The third kappa shape index (κ3) is 11.5. The third-order valence-electron chi connectivity index (χ3n) is 4.58. The maximum atomic E-state index is 12.4. The first-order chi connectivity index (χ1) is 14.4. The molecular weight excluding hydrogens is 414 g/mol. The molecule has 4 atom stereocenters. The number of hydrogen-bond acceptors (Lipinski definition) is 7. The molecule has 0 bridgehead atoms. The molecule has 0 aliphatic carbocycles. The minimum absolute atomic E-state index is 0.178. The Morgan fingerprint density at radius 3 is 1.97 bits per heavy atom. The second kappa shape index (κ2) is 13.9. The van der Waals surface area contributed by atoms with Crippen molar-refractivity contribution in [1.82, 2.24) is 16.0 Å². The molecule has 31 heavy (non-hydrogen) atoms. The third-order valence-corrected chi connectivity index (χ3v) is 4.58. The average molecular weight is 445 g/mol. The summed E-state index contributed by atoms with van der Waals surface area (Å²) in [4.78, 5) is 69.3. The van der Waals surface area contributed by atoms with Crippen molar-refractivity contribution in [1.29, 1.82) is 0 Å². The number of carboxylic acid groups (broad SMARTS) is 2. The number of nitrogens with two attached hydrogens (primary N) is 2. The molecule has 0 spiro atoms. The molecule has 0 saturated carbocycles. The van der Waals surface area contributed by atoms with Crippen LogP contribution in [-0.2, 0) is 28.8 Å². The van der Waals surface area contributed by atoms with E-state index in [0.29, 0.717) is 6.42 Å². The molecule has 4 unspecified atom stereocenters. The van der Waals surface area contributed by atoms with Gasteiger partial charge >= 0.3 is 11.9 Å². The Kier molecular flexibility index (Phi) is 12.5. The molecule has 0 heterocycles. The summed E-state index contributed by atoms with van der Waals surface area (Å²) in [6, 6.07) is -3.54. The van der Waals surface area contributed by atoms with Crippen LogP contribution >= 0.6 is 0 Å². The van der Waals surface area contributed by atoms with E-state index in [0.717, 1.165) is 0 Å². The van der Waals surface area contributed by atoms with Crippen LogP contribution in [0, 0.1) is 5.92 Å². The Hall–Kier alpha value is -3.22. The zero-order chi connectivity index (χ0) is 24.1. The van der Waals surface area contributed by atoms with E-state index in [1.807, 2.05) is 6.92 Å². The van der Waals surface area contributed by atoms with E-state index in [1.165, 1.54) is 0 Å². The molecule has 13 nitrogen and oxygen atoms in total. The number of primary amides is 1. The van der Waals surface area contributed by atoms with Gasteiger partial charge in [-0.1, -0.05) is 20.3 Å². The summed E-state index contributed by atoms with van der Waals surface area (Å²) >= 11 is 0. The van der Waals surface area contributed by atoms with E-state index in [4.69, 9.17) is 21.7 Å². The van der Waals surface area contributed by atoms with Gasteiger partial charge in [-0.15, -0.1) is 0 Å². The largest absolute Gasteiger partial charge is 0.481 e. The van der Waals surface area contributed by atoms with Gasteiger partial charge in [-0.3, -0.25) is 24.0 Å². The van der Waals surface area contributed by atoms with Crippen molar-refractivity contribution in [3.8, 4) is 0 Å². The molecule has 0 aromatic heterocycles. The van der Waals surface area contributed by atoms with Crippen LogP contribution in [0.15, 0.2) is 0 Å². The second-order valence-corrected chi connectivity index (χ2v) is 7.09. The zero-order valence-electron chi connectivity index (χ0n) is 17.6. The fourth-order valence-electron chi connectivity index (χ4n) is 2.40. The van der Waals surface area contributed by atoms with E-state index in [2.05, 4.69) is 16.0 Å². The fourth-order valence-corrected chi connectivity index (χ4v) is 2.40. The molecule has 0 aliphatic heterocycles. The first-order valence-electron chi connectivity index (χ1n) is 9.74. The molecule has 176 valence electrons. The SMILES string of the molecule is CCC(C)C(N)C(=O)NC(CCC(=O)O)C(=O)NCC(=O)NC(CCC(N)=O)C(=O)O. The van der Waals surface area contributed by atoms with Gasteiger partial charge < -0.3 is 37.6 Å². The summed E-state index contributed by atoms with van der Waals surface area (Å²) in [5.74, 6) is -5.80. The molecule has 0 radical (unpaired) electrons. The number of carbonyl (C=O) groups excluding carboxylic acids is 4. The summed E-state index contributed by atoms with van der Waals surface area (Å²) < 4.78 is 0. The lowest BCUT2D eigenvalue weighted by Gasteiger charge is -2.23. The average Bonchev–Trinajstić information content (AvgIpc) is 2.70. The Morgan fingerprint density at radius 2 is 1.48 bits per heavy atom. The Balaban J connectivity index is 4.94. The predicted molar refractivity (Wildman–Crippen MR) is 107 cm³/mol. The van der Waals surface area contributed by atoms with Gasteiger partial charge in [0.05, 0.1) is 12.6 Å². The monoisotopic (exact) mass is 445 g/mol. The van der Waals surface area contributed by atoms with Crippen molar-refractivity contribution in [2.24, 2.45) is 17.4 Å². The first-order valence-corrected chi connectivity index (χ1v) is 9.74. The van der Waals surface area contributed by atoms with Gasteiger partial charge in [0.1, 0.15) is 12.1 Å². The van der Waals surface area contributed by atoms with Crippen molar-refractivity contribution in [2.45, 2.75) is 64.1 Å². The number of hydrogen-bond donors (Lipinski definition) is 7. The van der Waals surface area contributed by atoms with E-state index in [9.17, 15) is 28.8 Å². The van der Waals surface area contributed by atoms with Gasteiger partial charge in [-0.25, -0.2) is 4.79 Å². The highest BCUT2D eigenvalue weighted by atomic mass is 16.4. The Morgan fingerprint density at radius 1 is 0.903 bits per heavy atom. The molecule has 0 aromatic carbocycles. The topological polar surface area (TPSA) is 231 Å². The number of aliphatic carboxylic acids is 2. The summed E-state index contributed by atoms with van der Waals surface area (Å²) in [6.45, 7) is 2.95. The number of rotatable bonds is 15. The fraction of sp³-hybridized carbons (Fsp3) is 0.667. The standard InChI is InChI=1S/C18H31N5O8/c1-3-9(2)15(20)17(29)23-10(5-7-14(26)27)16(28)21-8-13(25)22-11(18(30)31)4-6-12(19)24/h9-11,15H,3-8,20H2,1-2H3,(H2,19,24)(H,21,28)(H,22,25)(H,23,29)(H,26,27)(H,30,31). The zero-order valence-corrected chi connectivity index (χ0v) is 17.6. The Labute approximate surface area is 179 Å². The van der Waals surface area contributed by atoms with Gasteiger partial charge in [-0.05, 0) is 18.8 Å². The van der Waals surface area contributed by atoms with Crippen molar-refractivity contribution >= 4 is 35.6 Å². The number of carboxylic acids is 2. The normalized spacial score (nSPS) is 14.4. The van der Waals surface area contributed by atoms with Crippen LogP contribution in [0.2, 0.25) is 0 Å². The minimum Gasteiger partial charge on any atom is -0.481 e. The highest BCUT2D eigenvalue weighted by molar-refractivity contribution is 5.93. The molecule has 9 N–H and O–H groups in total. The van der Waals surface area contributed by atoms with Gasteiger partial charge in [0.25, 0.3) is 0 Å². The van der Waals surface area contributed by atoms with Gasteiger partial charge in [0.2, 0.25) is 23.6 Å². The highest BCUT2D eigenvalue weighted by Crippen LogP contribution is 2.07. The maximum Gasteiger partial charge on any atom is 0.326 e. The van der Waals surface area contributed by atoms with E-state index in [1.54, 1.807) is 6.92 Å². The molecule has 0 aliphatic rings. The first kappa shape index (κ1) is 27.8. The maximum absolute atomic E-state index is 12.4. The predicted octanol–water partition coefficient (Wildman–Crippen LogP) is -2.34. The molecule has 4 amide bonds. The molecule has 13 heteroatoms. The van der Waals surface area contributed by atoms with Crippen LogP contribution in [0.5, 0.6) is 0 Å². The van der Waals surface area contributed by atoms with Crippen molar-refractivity contribution in [2.75, 3.05) is 6.54 Å². The van der Waals surface area contributed by atoms with Crippen LogP contribution < -0.4 is 27.4 Å². The van der Waals surface area contributed by atoms with E-state index >= 15 is 0 Å². The molecule has 0 saturated heterocycles. The lowest BCUT2D eigenvalue weighted by molar-refractivity contribution is -0.142. The van der Waals surface area contributed by atoms with E-state index < -0.39 is 66.7 Å². The summed E-state index contributed by atoms with van der Waals surface area (Å²) in [5, 5.41) is 24.7. The number of nitrogens with one attached hydrogen (secondary N) is 3. The van der Waals surface area contributed by atoms with Crippen LogP contribution in [0.4, 0.5) is 0 Å². The lowest BCUT2D eigenvalue weighted by atomic mass is 9.98.